The lowest BCUT2D eigenvalue weighted by atomic mass is 9.90. The van der Waals surface area contributed by atoms with Gasteiger partial charge in [-0.3, -0.25) is 0 Å². The minimum atomic E-state index is -0.0340. The van der Waals surface area contributed by atoms with Crippen LogP contribution in [-0.2, 0) is 22.7 Å². The highest BCUT2D eigenvalue weighted by molar-refractivity contribution is 5.14. The van der Waals surface area contributed by atoms with Gasteiger partial charge in [0, 0.05) is 12.6 Å². The SMILES string of the molecule is OC[C@H]1CCN[C@@H]([C@@H](COCc2ccccc2)OCc2ccccc2)C1. The maximum absolute atomic E-state index is 9.52. The van der Waals surface area contributed by atoms with Crippen molar-refractivity contribution in [3.05, 3.63) is 71.8 Å². The summed E-state index contributed by atoms with van der Waals surface area (Å²) in [5.41, 5.74) is 2.33. The molecule has 4 nitrogen and oxygen atoms in total. The molecule has 1 aliphatic heterocycles. The van der Waals surface area contributed by atoms with Crippen LogP contribution in [0.4, 0.5) is 0 Å². The van der Waals surface area contributed by atoms with Crippen LogP contribution in [-0.4, -0.2) is 37.0 Å². The maximum Gasteiger partial charge on any atom is 0.0965 e. The van der Waals surface area contributed by atoms with Crippen molar-refractivity contribution in [2.75, 3.05) is 19.8 Å². The summed E-state index contributed by atoms with van der Waals surface area (Å²) >= 11 is 0. The van der Waals surface area contributed by atoms with Gasteiger partial charge < -0.3 is 19.9 Å². The molecule has 140 valence electrons. The highest BCUT2D eigenvalue weighted by atomic mass is 16.5. The lowest BCUT2D eigenvalue weighted by Gasteiger charge is -2.34. The molecule has 0 bridgehead atoms. The summed E-state index contributed by atoms with van der Waals surface area (Å²) < 4.78 is 12.2. The average Bonchev–Trinajstić information content (AvgIpc) is 2.72. The van der Waals surface area contributed by atoms with Crippen molar-refractivity contribution in [1.29, 1.82) is 0 Å². The van der Waals surface area contributed by atoms with Gasteiger partial charge >= 0.3 is 0 Å². The van der Waals surface area contributed by atoms with Crippen molar-refractivity contribution in [2.45, 2.75) is 38.2 Å². The van der Waals surface area contributed by atoms with E-state index in [2.05, 4.69) is 29.6 Å². The van der Waals surface area contributed by atoms with E-state index in [4.69, 9.17) is 9.47 Å². The molecule has 1 aliphatic rings. The Morgan fingerprint density at radius 2 is 1.62 bits per heavy atom. The summed E-state index contributed by atoms with van der Waals surface area (Å²) in [6.07, 6.45) is 1.90. The van der Waals surface area contributed by atoms with Crippen molar-refractivity contribution >= 4 is 0 Å². The van der Waals surface area contributed by atoms with E-state index in [1.165, 1.54) is 5.56 Å². The second kappa shape index (κ2) is 10.4. The van der Waals surface area contributed by atoms with E-state index in [9.17, 15) is 5.11 Å². The van der Waals surface area contributed by atoms with Gasteiger partial charge in [-0.05, 0) is 36.4 Å². The Kier molecular flexibility index (Phi) is 7.65. The monoisotopic (exact) mass is 355 g/mol. The summed E-state index contributed by atoms with van der Waals surface area (Å²) in [5.74, 6) is 0.346. The topological polar surface area (TPSA) is 50.7 Å². The van der Waals surface area contributed by atoms with Gasteiger partial charge in [-0.25, -0.2) is 0 Å². The predicted molar refractivity (Wildman–Crippen MR) is 103 cm³/mol. The molecule has 1 fully saturated rings. The second-order valence-electron chi connectivity index (χ2n) is 6.97. The molecule has 3 rings (SSSR count). The molecular weight excluding hydrogens is 326 g/mol. The zero-order valence-corrected chi connectivity index (χ0v) is 15.2. The number of hydrogen-bond donors (Lipinski definition) is 2. The third-order valence-corrected chi connectivity index (χ3v) is 4.95. The van der Waals surface area contributed by atoms with Crippen LogP contribution >= 0.6 is 0 Å². The van der Waals surface area contributed by atoms with Crippen LogP contribution in [0.1, 0.15) is 24.0 Å². The normalized spacial score (nSPS) is 21.4. The van der Waals surface area contributed by atoms with Crippen molar-refractivity contribution in [2.24, 2.45) is 5.92 Å². The van der Waals surface area contributed by atoms with Crippen LogP contribution < -0.4 is 5.32 Å². The molecule has 1 saturated heterocycles. The quantitative estimate of drug-likeness (QED) is 0.726. The van der Waals surface area contributed by atoms with Crippen LogP contribution in [0.25, 0.3) is 0 Å². The van der Waals surface area contributed by atoms with Crippen LogP contribution in [0.2, 0.25) is 0 Å². The summed E-state index contributed by atoms with van der Waals surface area (Å²) in [4.78, 5) is 0. The molecule has 26 heavy (non-hydrogen) atoms. The summed E-state index contributed by atoms with van der Waals surface area (Å²) in [5, 5.41) is 13.1. The van der Waals surface area contributed by atoms with Gasteiger partial charge in [-0.2, -0.15) is 0 Å². The molecule has 0 radical (unpaired) electrons. The zero-order valence-electron chi connectivity index (χ0n) is 15.2. The van der Waals surface area contributed by atoms with E-state index in [0.717, 1.165) is 24.9 Å². The Hall–Kier alpha value is -1.72. The Morgan fingerprint density at radius 3 is 2.27 bits per heavy atom. The van der Waals surface area contributed by atoms with Gasteiger partial charge in [0.2, 0.25) is 0 Å². The first-order valence-corrected chi connectivity index (χ1v) is 9.46. The second-order valence-corrected chi connectivity index (χ2v) is 6.97. The zero-order chi connectivity index (χ0) is 18.0. The van der Waals surface area contributed by atoms with E-state index in [1.807, 2.05) is 36.4 Å². The van der Waals surface area contributed by atoms with E-state index in [-0.39, 0.29) is 18.8 Å². The molecule has 0 amide bonds. The fourth-order valence-corrected chi connectivity index (χ4v) is 3.41. The standard InChI is InChI=1S/C22H29NO3/c24-14-20-11-12-23-21(13-20)22(26-16-19-9-5-2-6-10-19)17-25-15-18-7-3-1-4-8-18/h1-10,20-24H,11-17H2/t20-,21+,22+/m0/s1. The molecule has 2 N–H and O–H groups in total. The molecular formula is C22H29NO3. The summed E-state index contributed by atoms with van der Waals surface area (Å²) in [6, 6.07) is 20.6. The fraction of sp³-hybridized carbons (Fsp3) is 0.455. The molecule has 0 aliphatic carbocycles. The van der Waals surface area contributed by atoms with Crippen molar-refractivity contribution in [3.63, 3.8) is 0 Å². The number of aliphatic hydroxyl groups excluding tert-OH is 1. The van der Waals surface area contributed by atoms with Crippen LogP contribution in [0.3, 0.4) is 0 Å². The molecule has 2 aromatic rings. The maximum atomic E-state index is 9.52. The minimum Gasteiger partial charge on any atom is -0.396 e. The number of rotatable bonds is 9. The lowest BCUT2D eigenvalue weighted by Crippen LogP contribution is -2.49. The van der Waals surface area contributed by atoms with Gasteiger partial charge in [0.05, 0.1) is 25.9 Å². The summed E-state index contributed by atoms with van der Waals surface area (Å²) in [6.45, 7) is 2.86. The number of aliphatic hydroxyl groups is 1. The third kappa shape index (κ3) is 5.92. The number of benzene rings is 2. The number of nitrogens with one attached hydrogen (secondary N) is 1. The Balaban J connectivity index is 1.56. The predicted octanol–water partition coefficient (Wildman–Crippen LogP) is 3.15. The van der Waals surface area contributed by atoms with E-state index in [1.54, 1.807) is 0 Å². The summed E-state index contributed by atoms with van der Waals surface area (Å²) in [7, 11) is 0. The molecule has 2 aromatic carbocycles. The molecule has 0 spiro atoms. The highest BCUT2D eigenvalue weighted by Crippen LogP contribution is 2.20. The van der Waals surface area contributed by atoms with Gasteiger partial charge in [-0.15, -0.1) is 0 Å². The van der Waals surface area contributed by atoms with Gasteiger partial charge in [0.15, 0.2) is 0 Å². The lowest BCUT2D eigenvalue weighted by molar-refractivity contribution is -0.0564. The minimum absolute atomic E-state index is 0.0340. The van der Waals surface area contributed by atoms with E-state index >= 15 is 0 Å². The van der Waals surface area contributed by atoms with Crippen LogP contribution in [0.15, 0.2) is 60.7 Å². The largest absolute Gasteiger partial charge is 0.396 e. The highest BCUT2D eigenvalue weighted by Gasteiger charge is 2.28. The first-order valence-electron chi connectivity index (χ1n) is 9.46. The number of ether oxygens (including phenoxy) is 2. The number of piperidine rings is 1. The Labute approximate surface area is 156 Å². The first kappa shape index (κ1) is 19.1. The fourth-order valence-electron chi connectivity index (χ4n) is 3.41. The van der Waals surface area contributed by atoms with E-state index in [0.29, 0.717) is 25.7 Å². The Morgan fingerprint density at radius 1 is 0.962 bits per heavy atom. The van der Waals surface area contributed by atoms with Gasteiger partial charge in [-0.1, -0.05) is 60.7 Å². The van der Waals surface area contributed by atoms with Crippen LogP contribution in [0.5, 0.6) is 0 Å². The van der Waals surface area contributed by atoms with Crippen LogP contribution in [0, 0.1) is 5.92 Å². The first-order chi connectivity index (χ1) is 12.8. The van der Waals surface area contributed by atoms with Gasteiger partial charge in [0.1, 0.15) is 0 Å². The smallest absolute Gasteiger partial charge is 0.0965 e. The van der Waals surface area contributed by atoms with E-state index < -0.39 is 0 Å². The third-order valence-electron chi connectivity index (χ3n) is 4.95. The molecule has 0 aromatic heterocycles. The molecule has 0 unspecified atom stereocenters. The molecule has 0 saturated carbocycles. The molecule has 1 heterocycles. The number of hydrogen-bond acceptors (Lipinski definition) is 4. The molecule has 4 heteroatoms. The average molecular weight is 355 g/mol. The Bertz CT molecular complexity index is 620. The molecule has 3 atom stereocenters. The van der Waals surface area contributed by atoms with Crippen molar-refractivity contribution < 1.29 is 14.6 Å². The van der Waals surface area contributed by atoms with Crippen molar-refractivity contribution in [1.82, 2.24) is 5.32 Å². The van der Waals surface area contributed by atoms with Gasteiger partial charge in [0.25, 0.3) is 0 Å². The van der Waals surface area contributed by atoms with Crippen molar-refractivity contribution in [3.8, 4) is 0 Å².